The van der Waals surface area contributed by atoms with Gasteiger partial charge in [0, 0.05) is 22.6 Å². The van der Waals surface area contributed by atoms with E-state index in [2.05, 4.69) is 10.3 Å². The van der Waals surface area contributed by atoms with Crippen LogP contribution in [0, 0.1) is 0 Å². The first-order valence-corrected chi connectivity index (χ1v) is 10.8. The lowest BCUT2D eigenvalue weighted by molar-refractivity contribution is 0.0584. The van der Waals surface area contributed by atoms with Crippen LogP contribution in [-0.2, 0) is 11.2 Å². The molecule has 2 aromatic carbocycles. The van der Waals surface area contributed by atoms with Crippen molar-refractivity contribution in [2.24, 2.45) is 0 Å². The molecule has 0 atom stereocenters. The summed E-state index contributed by atoms with van der Waals surface area (Å²) >= 11 is 6.17. The summed E-state index contributed by atoms with van der Waals surface area (Å²) in [6.45, 7) is 10.2. The number of carbonyl (C=O) groups excluding carboxylic acids is 1. The van der Waals surface area contributed by atoms with E-state index in [4.69, 9.17) is 22.1 Å². The van der Waals surface area contributed by atoms with Gasteiger partial charge in [0.25, 0.3) is 0 Å². The molecular formula is C24H29ClN4O2. The van der Waals surface area contributed by atoms with Crippen molar-refractivity contribution in [1.82, 2.24) is 4.98 Å². The summed E-state index contributed by atoms with van der Waals surface area (Å²) in [6.07, 6.45) is 2.08. The molecule has 6 nitrogen and oxygen atoms in total. The van der Waals surface area contributed by atoms with E-state index in [9.17, 15) is 4.79 Å². The number of amides is 1. The summed E-state index contributed by atoms with van der Waals surface area (Å²) in [7, 11) is 0. The summed E-state index contributed by atoms with van der Waals surface area (Å²) in [5.74, 6) is 0. The minimum absolute atomic E-state index is 0.339. The van der Waals surface area contributed by atoms with Crippen LogP contribution in [0.15, 0.2) is 42.6 Å². The number of hydrogen-bond donors (Lipinski definition) is 2. The van der Waals surface area contributed by atoms with Crippen molar-refractivity contribution in [1.29, 1.82) is 0 Å². The Kier molecular flexibility index (Phi) is 6.60. The Morgan fingerprint density at radius 2 is 1.94 bits per heavy atom. The number of rotatable bonds is 2. The number of pyridine rings is 1. The van der Waals surface area contributed by atoms with E-state index in [1.807, 2.05) is 65.0 Å². The average Bonchev–Trinajstić information content (AvgIpc) is 3.14. The number of aromatic nitrogens is 1. The van der Waals surface area contributed by atoms with Gasteiger partial charge in [0.05, 0.1) is 28.8 Å². The Morgan fingerprint density at radius 1 is 1.19 bits per heavy atom. The zero-order valence-corrected chi connectivity index (χ0v) is 19.4. The number of nitrogens with zero attached hydrogens (tertiary/aromatic N) is 2. The van der Waals surface area contributed by atoms with Crippen LogP contribution >= 0.6 is 11.6 Å². The van der Waals surface area contributed by atoms with Crippen molar-refractivity contribution in [3.63, 3.8) is 0 Å². The quantitative estimate of drug-likeness (QED) is 0.473. The lowest BCUT2D eigenvalue weighted by Gasteiger charge is -2.25. The zero-order chi connectivity index (χ0) is 22.8. The largest absolute Gasteiger partial charge is 0.443 e. The number of hydrogen-bond acceptors (Lipinski definition) is 5. The summed E-state index contributed by atoms with van der Waals surface area (Å²) in [6, 6.07) is 11.4. The number of ether oxygens (including phenoxy) is 1. The van der Waals surface area contributed by atoms with Crippen LogP contribution in [0.25, 0.3) is 10.9 Å². The fraction of sp³-hybridized carbons (Fsp3) is 0.333. The summed E-state index contributed by atoms with van der Waals surface area (Å²) in [4.78, 5) is 18.6. The van der Waals surface area contributed by atoms with Crippen LogP contribution < -0.4 is 16.0 Å². The standard InChI is InChI=1S/C22H23ClN4O2.C2H6/c1-22(2,3)29-21(28)27-9-8-13-4-6-15(11-19(13)27)26-20-16-10-14(23)5-7-18(16)25-12-17(20)24;1-2/h4-7,10-12H,8-9,24H2,1-3H3,(H,25,26);1-2H3. The highest BCUT2D eigenvalue weighted by molar-refractivity contribution is 6.31. The molecule has 1 amide bonds. The van der Waals surface area contributed by atoms with Crippen molar-refractivity contribution < 1.29 is 9.53 Å². The van der Waals surface area contributed by atoms with Gasteiger partial charge in [-0.1, -0.05) is 31.5 Å². The fourth-order valence-corrected chi connectivity index (χ4v) is 3.60. The van der Waals surface area contributed by atoms with Crippen molar-refractivity contribution >= 4 is 51.3 Å². The third-order valence-electron chi connectivity index (χ3n) is 4.72. The molecular weight excluding hydrogens is 412 g/mol. The molecule has 0 bridgehead atoms. The molecule has 1 aromatic heterocycles. The highest BCUT2D eigenvalue weighted by Crippen LogP contribution is 2.36. The smallest absolute Gasteiger partial charge is 0.414 e. The van der Waals surface area contributed by atoms with Crippen LogP contribution in [-0.4, -0.2) is 23.2 Å². The number of fused-ring (bicyclic) bond motifs is 2. The first-order valence-electron chi connectivity index (χ1n) is 10.5. The number of benzene rings is 2. The Hall–Kier alpha value is -2.99. The normalized spacial score (nSPS) is 12.8. The minimum Gasteiger partial charge on any atom is -0.443 e. The molecule has 7 heteroatoms. The first-order chi connectivity index (χ1) is 14.7. The number of nitrogens with two attached hydrogens (primary N) is 1. The van der Waals surface area contributed by atoms with Gasteiger partial charge in [-0.25, -0.2) is 4.79 Å². The van der Waals surface area contributed by atoms with Gasteiger partial charge in [0.15, 0.2) is 0 Å². The lowest BCUT2D eigenvalue weighted by Crippen LogP contribution is -2.35. The maximum atomic E-state index is 12.6. The van der Waals surface area contributed by atoms with Crippen molar-refractivity contribution in [3.8, 4) is 0 Å². The molecule has 0 unspecified atom stereocenters. The lowest BCUT2D eigenvalue weighted by atomic mass is 10.1. The highest BCUT2D eigenvalue weighted by Gasteiger charge is 2.29. The van der Waals surface area contributed by atoms with Gasteiger partial charge in [0.1, 0.15) is 5.60 Å². The molecule has 0 aliphatic carbocycles. The molecule has 0 saturated heterocycles. The SMILES string of the molecule is CC.CC(C)(C)OC(=O)N1CCc2ccc(Nc3c(N)cnc4ccc(Cl)cc34)cc21. The van der Waals surface area contributed by atoms with Crippen LogP contribution in [0.1, 0.15) is 40.2 Å². The Morgan fingerprint density at radius 3 is 2.65 bits per heavy atom. The Balaban J connectivity index is 0.00000132. The predicted octanol–water partition coefficient (Wildman–Crippen LogP) is 6.54. The average molecular weight is 441 g/mol. The van der Waals surface area contributed by atoms with Gasteiger partial charge in [0.2, 0.25) is 0 Å². The molecule has 1 aliphatic rings. The van der Waals surface area contributed by atoms with Crippen LogP contribution in [0.3, 0.4) is 0 Å². The van der Waals surface area contributed by atoms with Crippen molar-refractivity contribution in [3.05, 3.63) is 53.2 Å². The molecule has 4 rings (SSSR count). The number of nitrogens with one attached hydrogen (secondary N) is 1. The van der Waals surface area contributed by atoms with Gasteiger partial charge >= 0.3 is 6.09 Å². The van der Waals surface area contributed by atoms with E-state index in [1.165, 1.54) is 0 Å². The Labute approximate surface area is 188 Å². The fourth-order valence-electron chi connectivity index (χ4n) is 3.43. The monoisotopic (exact) mass is 440 g/mol. The number of anilines is 4. The van der Waals surface area contributed by atoms with Gasteiger partial charge in [-0.2, -0.15) is 0 Å². The topological polar surface area (TPSA) is 80.5 Å². The molecule has 2 heterocycles. The Bertz CT molecular complexity index is 1100. The number of carbonyl (C=O) groups is 1. The van der Waals surface area contributed by atoms with E-state index >= 15 is 0 Å². The van der Waals surface area contributed by atoms with Gasteiger partial charge in [-0.3, -0.25) is 9.88 Å². The highest BCUT2D eigenvalue weighted by atomic mass is 35.5. The predicted molar refractivity (Wildman–Crippen MR) is 130 cm³/mol. The van der Waals surface area contributed by atoms with Crippen LogP contribution in [0.4, 0.5) is 27.5 Å². The van der Waals surface area contributed by atoms with Crippen LogP contribution in [0.2, 0.25) is 5.02 Å². The van der Waals surface area contributed by atoms with Gasteiger partial charge in [-0.15, -0.1) is 0 Å². The van der Waals surface area contributed by atoms with Crippen molar-refractivity contribution in [2.75, 3.05) is 22.5 Å². The molecule has 0 radical (unpaired) electrons. The molecule has 0 saturated carbocycles. The first kappa shape index (κ1) is 22.7. The molecule has 0 spiro atoms. The van der Waals surface area contributed by atoms with E-state index in [0.29, 0.717) is 17.3 Å². The molecule has 3 aromatic rings. The van der Waals surface area contributed by atoms with Gasteiger partial charge < -0.3 is 15.8 Å². The van der Waals surface area contributed by atoms with E-state index in [1.54, 1.807) is 17.2 Å². The third-order valence-corrected chi connectivity index (χ3v) is 4.96. The third kappa shape index (κ3) is 5.02. The van der Waals surface area contributed by atoms with Crippen molar-refractivity contribution in [2.45, 2.75) is 46.6 Å². The summed E-state index contributed by atoms with van der Waals surface area (Å²) in [5, 5.41) is 4.82. The molecule has 3 N–H and O–H groups in total. The van der Waals surface area contributed by atoms with E-state index in [0.717, 1.165) is 39.9 Å². The van der Waals surface area contributed by atoms with E-state index < -0.39 is 5.60 Å². The molecule has 164 valence electrons. The number of nitrogen functional groups attached to an aromatic ring is 1. The molecule has 0 fully saturated rings. The second-order valence-corrected chi connectivity index (χ2v) is 8.54. The minimum atomic E-state index is -0.542. The molecule has 1 aliphatic heterocycles. The van der Waals surface area contributed by atoms with Gasteiger partial charge in [-0.05, 0) is 63.1 Å². The zero-order valence-electron chi connectivity index (χ0n) is 18.6. The maximum Gasteiger partial charge on any atom is 0.414 e. The summed E-state index contributed by atoms with van der Waals surface area (Å²) in [5.41, 5.74) is 10.5. The number of halogens is 1. The second-order valence-electron chi connectivity index (χ2n) is 8.10. The summed E-state index contributed by atoms with van der Waals surface area (Å²) < 4.78 is 5.55. The maximum absolute atomic E-state index is 12.6. The molecule has 31 heavy (non-hydrogen) atoms. The second kappa shape index (κ2) is 9.02. The van der Waals surface area contributed by atoms with Crippen LogP contribution in [0.5, 0.6) is 0 Å². The van der Waals surface area contributed by atoms with E-state index in [-0.39, 0.29) is 6.09 Å².